The smallest absolute Gasteiger partial charge is 0.309 e. The first-order valence-corrected chi connectivity index (χ1v) is 5.56. The minimum absolute atomic E-state index is 0.148. The summed E-state index contributed by atoms with van der Waals surface area (Å²) in [6.45, 7) is 0.850. The average Bonchev–Trinajstić information content (AvgIpc) is 2.83. The van der Waals surface area contributed by atoms with Crippen LogP contribution in [-0.2, 0) is 14.3 Å². The fourth-order valence-corrected chi connectivity index (χ4v) is 1.65. The van der Waals surface area contributed by atoms with Gasteiger partial charge in [-0.3, -0.25) is 4.79 Å². The molecule has 0 aliphatic carbocycles. The molecule has 84 valence electrons. The number of carbonyl (C=O) groups is 1. The summed E-state index contributed by atoms with van der Waals surface area (Å²) in [6.07, 6.45) is 2.87. The van der Waals surface area contributed by atoms with Crippen molar-refractivity contribution in [1.82, 2.24) is 5.43 Å². The summed E-state index contributed by atoms with van der Waals surface area (Å²) in [5.41, 5.74) is 2.35. The molecule has 1 aliphatic rings. The molecule has 2 rings (SSSR count). The molecule has 0 fully saturated rings. The highest BCUT2D eigenvalue weighted by Gasteiger charge is 2.13. The van der Waals surface area contributed by atoms with Crippen LogP contribution in [0, 0.1) is 0 Å². The molecular weight excluding hydrogens is 228 g/mol. The van der Waals surface area contributed by atoms with E-state index in [1.807, 2.05) is 17.5 Å². The highest BCUT2D eigenvalue weighted by atomic mass is 32.1. The van der Waals surface area contributed by atoms with Gasteiger partial charge in [0.15, 0.2) is 0 Å². The van der Waals surface area contributed by atoms with E-state index in [1.54, 1.807) is 6.21 Å². The Morgan fingerprint density at radius 1 is 1.56 bits per heavy atom. The van der Waals surface area contributed by atoms with E-state index in [0.717, 1.165) is 4.88 Å². The van der Waals surface area contributed by atoms with Crippen LogP contribution in [0.25, 0.3) is 0 Å². The Balaban J connectivity index is 1.86. The van der Waals surface area contributed by atoms with Gasteiger partial charge < -0.3 is 9.47 Å². The predicted molar refractivity (Wildman–Crippen MR) is 60.0 cm³/mol. The molecular formula is C10H10N2O3S. The lowest BCUT2D eigenvalue weighted by Gasteiger charge is -2.13. The Labute approximate surface area is 96.4 Å². The van der Waals surface area contributed by atoms with E-state index in [9.17, 15) is 4.79 Å². The van der Waals surface area contributed by atoms with Crippen LogP contribution in [0.1, 0.15) is 4.88 Å². The third kappa shape index (κ3) is 2.83. The normalized spacial score (nSPS) is 15.1. The van der Waals surface area contributed by atoms with E-state index in [1.165, 1.54) is 17.6 Å². The second-order valence-electron chi connectivity index (χ2n) is 2.92. The quantitative estimate of drug-likeness (QED) is 0.633. The van der Waals surface area contributed by atoms with Gasteiger partial charge in [0, 0.05) is 4.88 Å². The summed E-state index contributed by atoms with van der Waals surface area (Å²) in [5, 5.41) is 5.73. The Bertz CT molecular complexity index is 412. The van der Waals surface area contributed by atoms with E-state index in [2.05, 4.69) is 10.5 Å². The molecule has 0 unspecified atom stereocenters. The maximum atomic E-state index is 11.4. The number of hydrogen-bond donors (Lipinski definition) is 1. The maximum Gasteiger partial charge on any atom is 0.309 e. The summed E-state index contributed by atoms with van der Waals surface area (Å²) in [5.74, 6) is -0.262. The van der Waals surface area contributed by atoms with E-state index in [4.69, 9.17) is 9.47 Å². The van der Waals surface area contributed by atoms with Crippen LogP contribution in [0.5, 0.6) is 0 Å². The molecule has 0 radical (unpaired) electrons. The molecule has 0 aromatic carbocycles. The molecule has 0 saturated carbocycles. The van der Waals surface area contributed by atoms with Crippen LogP contribution >= 0.6 is 11.3 Å². The van der Waals surface area contributed by atoms with Gasteiger partial charge in [-0.1, -0.05) is 6.07 Å². The van der Waals surface area contributed by atoms with Crippen LogP contribution in [-0.4, -0.2) is 25.3 Å². The number of hydrogen-bond acceptors (Lipinski definition) is 5. The Morgan fingerprint density at radius 2 is 2.50 bits per heavy atom. The van der Waals surface area contributed by atoms with Gasteiger partial charge >= 0.3 is 5.91 Å². The van der Waals surface area contributed by atoms with Crippen molar-refractivity contribution < 1.29 is 14.3 Å². The van der Waals surface area contributed by atoms with Crippen LogP contribution in [0.4, 0.5) is 0 Å². The van der Waals surface area contributed by atoms with Crippen LogP contribution < -0.4 is 5.43 Å². The summed E-state index contributed by atoms with van der Waals surface area (Å²) in [6, 6.07) is 3.81. The van der Waals surface area contributed by atoms with Crippen molar-refractivity contribution in [3.63, 3.8) is 0 Å². The molecule has 0 bridgehead atoms. The van der Waals surface area contributed by atoms with Gasteiger partial charge in [-0.25, -0.2) is 5.43 Å². The predicted octanol–water partition coefficient (Wildman–Crippen LogP) is 1.09. The number of carbonyl (C=O) groups excluding carboxylic acids is 1. The van der Waals surface area contributed by atoms with Crippen LogP contribution in [0.3, 0.4) is 0 Å². The monoisotopic (exact) mass is 238 g/mol. The van der Waals surface area contributed by atoms with Crippen molar-refractivity contribution in [3.05, 3.63) is 34.4 Å². The molecule has 1 amide bonds. The highest BCUT2D eigenvalue weighted by molar-refractivity contribution is 7.11. The van der Waals surface area contributed by atoms with Gasteiger partial charge in [0.05, 0.1) is 6.21 Å². The topological polar surface area (TPSA) is 59.9 Å². The van der Waals surface area contributed by atoms with Crippen LogP contribution in [0.15, 0.2) is 34.6 Å². The third-order valence-corrected chi connectivity index (χ3v) is 2.58. The molecule has 16 heavy (non-hydrogen) atoms. The first kappa shape index (κ1) is 10.7. The van der Waals surface area contributed by atoms with Crippen molar-refractivity contribution >= 4 is 23.5 Å². The Morgan fingerprint density at radius 3 is 3.19 bits per heavy atom. The lowest BCUT2D eigenvalue weighted by molar-refractivity contribution is -0.122. The summed E-state index contributed by atoms with van der Waals surface area (Å²) < 4.78 is 10.0. The standard InChI is InChI=1S/C10H10N2O3S/c13-10(9-7-14-3-4-15-9)12-11-6-8-2-1-5-16-8/h1-2,5-7H,3-4H2,(H,12,13)/b11-6+. The summed E-state index contributed by atoms with van der Waals surface area (Å²) in [7, 11) is 0. The van der Waals surface area contributed by atoms with Gasteiger partial charge in [0.2, 0.25) is 5.76 Å². The third-order valence-electron chi connectivity index (χ3n) is 1.77. The van der Waals surface area contributed by atoms with Gasteiger partial charge in [-0.15, -0.1) is 11.3 Å². The van der Waals surface area contributed by atoms with Crippen molar-refractivity contribution in [1.29, 1.82) is 0 Å². The first-order chi connectivity index (χ1) is 7.86. The zero-order valence-corrected chi connectivity index (χ0v) is 9.20. The highest BCUT2D eigenvalue weighted by Crippen LogP contribution is 2.05. The van der Waals surface area contributed by atoms with Gasteiger partial charge in [-0.2, -0.15) is 5.10 Å². The summed E-state index contributed by atoms with van der Waals surface area (Å²) in [4.78, 5) is 12.4. The maximum absolute atomic E-state index is 11.4. The molecule has 1 aromatic rings. The van der Waals surface area contributed by atoms with Gasteiger partial charge in [-0.05, 0) is 11.4 Å². The second kappa shape index (κ2) is 5.32. The zero-order chi connectivity index (χ0) is 11.2. The van der Waals surface area contributed by atoms with E-state index in [-0.39, 0.29) is 5.76 Å². The van der Waals surface area contributed by atoms with Crippen molar-refractivity contribution in [2.45, 2.75) is 0 Å². The Kier molecular flexibility index (Phi) is 3.55. The van der Waals surface area contributed by atoms with E-state index < -0.39 is 5.91 Å². The number of amides is 1. The molecule has 1 aliphatic heterocycles. The SMILES string of the molecule is O=C(N/N=C/c1cccs1)C1=COCCO1. The first-order valence-electron chi connectivity index (χ1n) is 4.68. The molecule has 6 heteroatoms. The van der Waals surface area contributed by atoms with Crippen molar-refractivity contribution in [2.24, 2.45) is 5.10 Å². The molecule has 0 saturated heterocycles. The number of ether oxygens (including phenoxy) is 2. The lowest BCUT2D eigenvalue weighted by Crippen LogP contribution is -2.24. The van der Waals surface area contributed by atoms with E-state index >= 15 is 0 Å². The minimum atomic E-state index is -0.410. The summed E-state index contributed by atoms with van der Waals surface area (Å²) >= 11 is 1.54. The molecule has 2 heterocycles. The van der Waals surface area contributed by atoms with Crippen LogP contribution in [0.2, 0.25) is 0 Å². The number of hydrazone groups is 1. The number of nitrogens with zero attached hydrogens (tertiary/aromatic N) is 1. The lowest BCUT2D eigenvalue weighted by atomic mass is 10.5. The largest absolute Gasteiger partial charge is 0.494 e. The molecule has 0 atom stereocenters. The number of nitrogens with one attached hydrogen (secondary N) is 1. The average molecular weight is 238 g/mol. The second-order valence-corrected chi connectivity index (χ2v) is 3.90. The van der Waals surface area contributed by atoms with E-state index in [0.29, 0.717) is 13.2 Å². The molecule has 5 nitrogen and oxygen atoms in total. The fraction of sp³-hybridized carbons (Fsp3) is 0.200. The molecule has 0 spiro atoms. The molecule has 1 aromatic heterocycles. The van der Waals surface area contributed by atoms with Crippen molar-refractivity contribution in [2.75, 3.05) is 13.2 Å². The van der Waals surface area contributed by atoms with Gasteiger partial charge in [0.1, 0.15) is 19.5 Å². The Hall–Kier alpha value is -1.82. The number of thiophene rings is 1. The molecule has 1 N–H and O–H groups in total. The fourth-order valence-electron chi connectivity index (χ4n) is 1.06. The number of rotatable bonds is 3. The van der Waals surface area contributed by atoms with Gasteiger partial charge in [0.25, 0.3) is 0 Å². The minimum Gasteiger partial charge on any atom is -0.494 e. The van der Waals surface area contributed by atoms with Crippen molar-refractivity contribution in [3.8, 4) is 0 Å². The zero-order valence-electron chi connectivity index (χ0n) is 8.38.